The molecule has 0 spiro atoms. The second-order valence-electron chi connectivity index (χ2n) is 2.94. The molecule has 0 aliphatic rings. The van der Waals surface area contributed by atoms with Gasteiger partial charge in [-0.15, -0.1) is 11.8 Å². The molecule has 0 saturated carbocycles. The third kappa shape index (κ3) is 2.30. The molecule has 0 aliphatic carbocycles. The lowest BCUT2D eigenvalue weighted by Gasteiger charge is -2.12. The zero-order chi connectivity index (χ0) is 10.7. The Balaban J connectivity index is 3.20. The zero-order valence-corrected chi connectivity index (χ0v) is 10.5. The maximum atomic E-state index is 11.2. The normalized spacial score (nSPS) is 12.5. The Hall–Kier alpha value is -0.480. The van der Waals surface area contributed by atoms with E-state index in [2.05, 4.69) is 15.9 Å². The summed E-state index contributed by atoms with van der Waals surface area (Å²) in [6, 6.07) is 5.62. The average molecular weight is 274 g/mol. The van der Waals surface area contributed by atoms with Crippen LogP contribution in [0.3, 0.4) is 0 Å². The number of carbonyl (C=O) groups is 1. The quantitative estimate of drug-likeness (QED) is 0.523. The molecule has 2 nitrogen and oxygen atoms in total. The highest BCUT2D eigenvalue weighted by atomic mass is 79.9. The molecule has 0 saturated heterocycles. The Labute approximate surface area is 96.4 Å². The average Bonchev–Trinajstić information content (AvgIpc) is 2.16. The third-order valence-electron chi connectivity index (χ3n) is 1.91. The van der Waals surface area contributed by atoms with Crippen LogP contribution in [0.5, 0.6) is 0 Å². The Morgan fingerprint density at radius 3 is 2.71 bits per heavy atom. The van der Waals surface area contributed by atoms with Crippen molar-refractivity contribution in [2.24, 2.45) is 0 Å². The molecular weight excluding hydrogens is 262 g/mol. The maximum absolute atomic E-state index is 11.2. The number of ketones is 1. The van der Waals surface area contributed by atoms with Crippen molar-refractivity contribution in [2.75, 3.05) is 12.0 Å². The molecule has 1 aromatic carbocycles. The van der Waals surface area contributed by atoms with E-state index in [9.17, 15) is 4.79 Å². The number of hydrogen-bond donors (Lipinski definition) is 1. The van der Waals surface area contributed by atoms with Crippen LogP contribution >= 0.6 is 27.7 Å². The van der Waals surface area contributed by atoms with Gasteiger partial charge >= 0.3 is 0 Å². The van der Waals surface area contributed by atoms with Crippen molar-refractivity contribution in [3.63, 3.8) is 0 Å². The fraction of sp³-hybridized carbons (Fsp3) is 0.300. The number of rotatable bonds is 3. The molecule has 0 bridgehead atoms. The molecule has 0 amide bonds. The number of nitrogen functional groups attached to an aromatic ring is 1. The Morgan fingerprint density at radius 1 is 1.57 bits per heavy atom. The summed E-state index contributed by atoms with van der Waals surface area (Å²) in [5, 5.41) is 0. The van der Waals surface area contributed by atoms with Crippen LogP contribution in [0.1, 0.15) is 17.3 Å². The molecule has 0 heterocycles. The summed E-state index contributed by atoms with van der Waals surface area (Å²) in [6.07, 6.45) is 1.95. The summed E-state index contributed by atoms with van der Waals surface area (Å²) in [7, 11) is 0. The van der Waals surface area contributed by atoms with E-state index in [-0.39, 0.29) is 10.6 Å². The van der Waals surface area contributed by atoms with Crippen LogP contribution in [-0.2, 0) is 4.79 Å². The van der Waals surface area contributed by atoms with Crippen molar-refractivity contribution in [3.8, 4) is 0 Å². The van der Waals surface area contributed by atoms with Crippen LogP contribution in [0.25, 0.3) is 0 Å². The molecule has 0 aliphatic heterocycles. The first kappa shape index (κ1) is 11.6. The maximum Gasteiger partial charge on any atom is 0.147 e. The molecule has 4 heteroatoms. The number of Topliss-reactive ketones (excluding diaryl/α,β-unsaturated/α-hetero) is 1. The van der Waals surface area contributed by atoms with E-state index in [0.717, 1.165) is 16.1 Å². The number of benzene rings is 1. The minimum atomic E-state index is -0.256. The van der Waals surface area contributed by atoms with E-state index in [1.807, 2.05) is 24.5 Å². The summed E-state index contributed by atoms with van der Waals surface area (Å²) in [6.45, 7) is 1.56. The Kier molecular flexibility index (Phi) is 4.01. The van der Waals surface area contributed by atoms with E-state index in [1.54, 1.807) is 18.7 Å². The molecule has 76 valence electrons. The largest absolute Gasteiger partial charge is 0.398 e. The van der Waals surface area contributed by atoms with Gasteiger partial charge in [-0.05, 0) is 24.8 Å². The molecule has 1 aromatic rings. The summed E-state index contributed by atoms with van der Waals surface area (Å²) >= 11 is 4.92. The summed E-state index contributed by atoms with van der Waals surface area (Å²) in [4.78, 5) is 11.9. The van der Waals surface area contributed by atoms with Gasteiger partial charge in [-0.25, -0.2) is 0 Å². The van der Waals surface area contributed by atoms with Crippen molar-refractivity contribution < 1.29 is 4.79 Å². The first-order valence-electron chi connectivity index (χ1n) is 4.14. The SMILES string of the molecule is CSc1c(N)cccc1C(Br)C(C)=O. The molecule has 1 unspecified atom stereocenters. The van der Waals surface area contributed by atoms with Crippen LogP contribution in [-0.4, -0.2) is 12.0 Å². The zero-order valence-electron chi connectivity index (χ0n) is 8.08. The number of alkyl halides is 1. The highest BCUT2D eigenvalue weighted by molar-refractivity contribution is 9.09. The number of carbonyl (C=O) groups excluding carboxylic acids is 1. The topological polar surface area (TPSA) is 43.1 Å². The summed E-state index contributed by atoms with van der Waals surface area (Å²) < 4.78 is 0. The molecule has 0 fully saturated rings. The van der Waals surface area contributed by atoms with Crippen molar-refractivity contribution in [1.82, 2.24) is 0 Å². The van der Waals surface area contributed by atoms with Crippen LogP contribution in [0.4, 0.5) is 5.69 Å². The van der Waals surface area contributed by atoms with Crippen molar-refractivity contribution in [1.29, 1.82) is 0 Å². The third-order valence-corrected chi connectivity index (χ3v) is 3.93. The standard InChI is InChI=1S/C10H12BrNOS/c1-6(13)9(11)7-4-3-5-8(12)10(7)14-2/h3-5,9H,12H2,1-2H3. The molecule has 1 rings (SSSR count). The van der Waals surface area contributed by atoms with E-state index in [0.29, 0.717) is 0 Å². The van der Waals surface area contributed by atoms with Crippen molar-refractivity contribution in [3.05, 3.63) is 23.8 Å². The Morgan fingerprint density at radius 2 is 2.21 bits per heavy atom. The first-order chi connectivity index (χ1) is 6.57. The van der Waals surface area contributed by atoms with Crippen LogP contribution in [0.15, 0.2) is 23.1 Å². The van der Waals surface area contributed by atoms with Gasteiger partial charge in [-0.1, -0.05) is 28.1 Å². The second-order valence-corrected chi connectivity index (χ2v) is 4.68. The van der Waals surface area contributed by atoms with Crippen LogP contribution < -0.4 is 5.73 Å². The minimum Gasteiger partial charge on any atom is -0.398 e. The number of halogens is 1. The van der Waals surface area contributed by atoms with E-state index in [4.69, 9.17) is 5.73 Å². The second kappa shape index (κ2) is 4.84. The van der Waals surface area contributed by atoms with Gasteiger partial charge in [0.1, 0.15) is 5.78 Å². The van der Waals surface area contributed by atoms with Gasteiger partial charge in [-0.2, -0.15) is 0 Å². The Bertz CT molecular complexity index is 354. The monoisotopic (exact) mass is 273 g/mol. The van der Waals surface area contributed by atoms with Gasteiger partial charge in [0.05, 0.1) is 4.83 Å². The molecule has 0 radical (unpaired) electrons. The molecular formula is C10H12BrNOS. The smallest absolute Gasteiger partial charge is 0.147 e. The van der Waals surface area contributed by atoms with Crippen molar-refractivity contribution >= 4 is 39.2 Å². The molecule has 2 N–H and O–H groups in total. The van der Waals surface area contributed by atoms with Gasteiger partial charge in [0, 0.05) is 10.6 Å². The first-order valence-corrected chi connectivity index (χ1v) is 6.29. The number of anilines is 1. The number of thioether (sulfide) groups is 1. The van der Waals surface area contributed by atoms with Gasteiger partial charge in [-0.3, -0.25) is 4.79 Å². The highest BCUT2D eigenvalue weighted by Crippen LogP contribution is 2.35. The van der Waals surface area contributed by atoms with E-state index < -0.39 is 0 Å². The lowest BCUT2D eigenvalue weighted by Crippen LogP contribution is -2.04. The summed E-state index contributed by atoms with van der Waals surface area (Å²) in [5.41, 5.74) is 7.49. The highest BCUT2D eigenvalue weighted by Gasteiger charge is 2.17. The van der Waals surface area contributed by atoms with Gasteiger partial charge in [0.25, 0.3) is 0 Å². The van der Waals surface area contributed by atoms with Crippen LogP contribution in [0, 0.1) is 0 Å². The van der Waals surface area contributed by atoms with Gasteiger partial charge in [0.2, 0.25) is 0 Å². The minimum absolute atomic E-state index is 0.0888. The van der Waals surface area contributed by atoms with Crippen LogP contribution in [0.2, 0.25) is 0 Å². The molecule has 14 heavy (non-hydrogen) atoms. The summed E-state index contributed by atoms with van der Waals surface area (Å²) in [5.74, 6) is 0.0888. The van der Waals surface area contributed by atoms with Crippen molar-refractivity contribution in [2.45, 2.75) is 16.6 Å². The fourth-order valence-corrected chi connectivity index (χ4v) is 2.49. The van der Waals surface area contributed by atoms with E-state index in [1.165, 1.54) is 0 Å². The fourth-order valence-electron chi connectivity index (χ4n) is 1.23. The number of hydrogen-bond acceptors (Lipinski definition) is 3. The van der Waals surface area contributed by atoms with E-state index >= 15 is 0 Å². The predicted octanol–water partition coefficient (Wildman–Crippen LogP) is 3.02. The molecule has 0 aromatic heterocycles. The predicted molar refractivity (Wildman–Crippen MR) is 65.0 cm³/mol. The van der Waals surface area contributed by atoms with Gasteiger partial charge in [0.15, 0.2) is 0 Å². The lowest BCUT2D eigenvalue weighted by atomic mass is 10.1. The van der Waals surface area contributed by atoms with Gasteiger partial charge < -0.3 is 5.73 Å². The number of nitrogens with two attached hydrogens (primary N) is 1. The lowest BCUT2D eigenvalue weighted by molar-refractivity contribution is -0.116. The molecule has 1 atom stereocenters.